The number of carbonyl (C=O) groups is 1. The zero-order valence-electron chi connectivity index (χ0n) is 27.8. The Labute approximate surface area is 256 Å². The standard InChI is InChI=1S/C37H73NO3/c1-3-5-7-9-10-11-12-13-14-15-16-17-18-19-20-21-22-23-24-25-26-27-28-29-30-32-36(40)35(34-39)38-37(41)33-31-8-6-4-2/h30,32,35-36,39-40H,3-29,31,33-34H2,1-2H3,(H,38,41)/b32-30+. The lowest BCUT2D eigenvalue weighted by Gasteiger charge is -2.19. The molecule has 2 atom stereocenters. The Morgan fingerprint density at radius 1 is 0.561 bits per heavy atom. The zero-order valence-corrected chi connectivity index (χ0v) is 27.8. The Balaban J connectivity index is 3.39. The third kappa shape index (κ3) is 30.4. The third-order valence-corrected chi connectivity index (χ3v) is 8.52. The van der Waals surface area contributed by atoms with E-state index < -0.39 is 12.1 Å². The minimum Gasteiger partial charge on any atom is -0.394 e. The summed E-state index contributed by atoms with van der Waals surface area (Å²) in [4.78, 5) is 12.0. The Morgan fingerprint density at radius 2 is 0.902 bits per heavy atom. The van der Waals surface area contributed by atoms with Gasteiger partial charge >= 0.3 is 0 Å². The summed E-state index contributed by atoms with van der Waals surface area (Å²) in [6.07, 6.45) is 40.7. The van der Waals surface area contributed by atoms with Gasteiger partial charge in [-0.3, -0.25) is 4.79 Å². The molecular formula is C37H73NO3. The summed E-state index contributed by atoms with van der Waals surface area (Å²) in [5.74, 6) is -0.0811. The van der Waals surface area contributed by atoms with Gasteiger partial charge in [-0.05, 0) is 19.3 Å². The highest BCUT2D eigenvalue weighted by Crippen LogP contribution is 2.16. The number of allylic oxidation sites excluding steroid dienone is 1. The first-order valence-corrected chi connectivity index (χ1v) is 18.4. The van der Waals surface area contributed by atoms with E-state index in [9.17, 15) is 15.0 Å². The van der Waals surface area contributed by atoms with E-state index in [-0.39, 0.29) is 12.5 Å². The Morgan fingerprint density at radius 3 is 1.27 bits per heavy atom. The van der Waals surface area contributed by atoms with Crippen LogP contribution in [0, 0.1) is 0 Å². The number of amides is 1. The van der Waals surface area contributed by atoms with Gasteiger partial charge in [-0.1, -0.05) is 187 Å². The highest BCUT2D eigenvalue weighted by Gasteiger charge is 2.17. The summed E-state index contributed by atoms with van der Waals surface area (Å²) in [7, 11) is 0. The highest BCUT2D eigenvalue weighted by molar-refractivity contribution is 5.76. The highest BCUT2D eigenvalue weighted by atomic mass is 16.3. The number of aliphatic hydroxyl groups excluding tert-OH is 2. The smallest absolute Gasteiger partial charge is 0.220 e. The van der Waals surface area contributed by atoms with Crippen molar-refractivity contribution in [2.45, 2.75) is 212 Å². The molecule has 4 nitrogen and oxygen atoms in total. The first kappa shape index (κ1) is 40.1. The van der Waals surface area contributed by atoms with Crippen LogP contribution in [-0.2, 0) is 4.79 Å². The molecule has 0 saturated heterocycles. The second-order valence-electron chi connectivity index (χ2n) is 12.7. The van der Waals surface area contributed by atoms with Crippen LogP contribution in [-0.4, -0.2) is 34.9 Å². The van der Waals surface area contributed by atoms with Gasteiger partial charge in [-0.15, -0.1) is 0 Å². The van der Waals surface area contributed by atoms with Gasteiger partial charge in [0.05, 0.1) is 18.8 Å². The van der Waals surface area contributed by atoms with Crippen molar-refractivity contribution in [3.8, 4) is 0 Å². The van der Waals surface area contributed by atoms with Crippen molar-refractivity contribution >= 4 is 5.91 Å². The van der Waals surface area contributed by atoms with Crippen LogP contribution < -0.4 is 5.32 Å². The van der Waals surface area contributed by atoms with E-state index in [1.54, 1.807) is 6.08 Å². The van der Waals surface area contributed by atoms with Crippen LogP contribution in [0.3, 0.4) is 0 Å². The number of hydrogen-bond donors (Lipinski definition) is 3. The largest absolute Gasteiger partial charge is 0.394 e. The lowest BCUT2D eigenvalue weighted by atomic mass is 10.0. The maximum atomic E-state index is 12.0. The lowest BCUT2D eigenvalue weighted by Crippen LogP contribution is -2.45. The first-order chi connectivity index (χ1) is 20.2. The van der Waals surface area contributed by atoms with Gasteiger partial charge in [0, 0.05) is 6.42 Å². The monoisotopic (exact) mass is 580 g/mol. The average molecular weight is 580 g/mol. The number of hydrogen-bond acceptors (Lipinski definition) is 3. The lowest BCUT2D eigenvalue weighted by molar-refractivity contribution is -0.123. The Bertz CT molecular complexity index is 550. The molecule has 0 aromatic rings. The van der Waals surface area contributed by atoms with Crippen molar-refractivity contribution in [3.05, 3.63) is 12.2 Å². The molecule has 0 aliphatic carbocycles. The summed E-state index contributed by atoms with van der Waals surface area (Å²) in [6.45, 7) is 4.20. The van der Waals surface area contributed by atoms with Gasteiger partial charge in [-0.2, -0.15) is 0 Å². The van der Waals surface area contributed by atoms with Crippen molar-refractivity contribution in [2.75, 3.05) is 6.61 Å². The Hall–Kier alpha value is -0.870. The molecule has 0 saturated carbocycles. The van der Waals surface area contributed by atoms with Crippen molar-refractivity contribution < 1.29 is 15.0 Å². The normalized spacial score (nSPS) is 13.2. The predicted molar refractivity (Wildman–Crippen MR) is 179 cm³/mol. The van der Waals surface area contributed by atoms with Crippen molar-refractivity contribution in [1.29, 1.82) is 0 Å². The Kier molecular flexibility index (Phi) is 32.9. The van der Waals surface area contributed by atoms with E-state index in [0.29, 0.717) is 6.42 Å². The number of aliphatic hydroxyl groups is 2. The molecule has 0 radical (unpaired) electrons. The molecule has 0 aromatic heterocycles. The van der Waals surface area contributed by atoms with E-state index in [1.807, 2.05) is 6.08 Å². The molecule has 2 unspecified atom stereocenters. The predicted octanol–water partition coefficient (Wildman–Crippen LogP) is 10.7. The maximum absolute atomic E-state index is 12.0. The van der Waals surface area contributed by atoms with Gasteiger partial charge in [-0.25, -0.2) is 0 Å². The van der Waals surface area contributed by atoms with Gasteiger partial charge in [0.15, 0.2) is 0 Å². The van der Waals surface area contributed by atoms with Crippen molar-refractivity contribution in [3.63, 3.8) is 0 Å². The van der Waals surface area contributed by atoms with E-state index in [1.165, 1.54) is 141 Å². The zero-order chi connectivity index (χ0) is 30.1. The second-order valence-corrected chi connectivity index (χ2v) is 12.7. The van der Waals surface area contributed by atoms with Crippen LogP contribution in [0.5, 0.6) is 0 Å². The number of unbranched alkanes of at least 4 members (excludes halogenated alkanes) is 26. The van der Waals surface area contributed by atoms with Gasteiger partial charge in [0.25, 0.3) is 0 Å². The molecule has 41 heavy (non-hydrogen) atoms. The van der Waals surface area contributed by atoms with Crippen LogP contribution >= 0.6 is 0 Å². The summed E-state index contributed by atoms with van der Waals surface area (Å²) in [6, 6.07) is -0.612. The van der Waals surface area contributed by atoms with E-state index in [0.717, 1.165) is 38.5 Å². The SMILES string of the molecule is CCCCCCCCCCCCCCCCCCCCCCCCC/C=C/C(O)C(CO)NC(=O)CCCCCC. The summed E-state index contributed by atoms with van der Waals surface area (Å²) in [5.41, 5.74) is 0. The van der Waals surface area contributed by atoms with Crippen LogP contribution in [0.4, 0.5) is 0 Å². The van der Waals surface area contributed by atoms with Crippen molar-refractivity contribution in [1.82, 2.24) is 5.32 Å². The van der Waals surface area contributed by atoms with E-state index in [2.05, 4.69) is 19.2 Å². The van der Waals surface area contributed by atoms with Crippen LogP contribution in [0.25, 0.3) is 0 Å². The molecule has 0 aromatic carbocycles. The molecule has 0 aliphatic heterocycles. The van der Waals surface area contributed by atoms with Crippen LogP contribution in [0.1, 0.15) is 200 Å². The summed E-state index contributed by atoms with van der Waals surface area (Å²) < 4.78 is 0. The fourth-order valence-corrected chi connectivity index (χ4v) is 5.65. The number of nitrogens with one attached hydrogen (secondary N) is 1. The van der Waals surface area contributed by atoms with E-state index >= 15 is 0 Å². The maximum Gasteiger partial charge on any atom is 0.220 e. The van der Waals surface area contributed by atoms with Gasteiger partial charge in [0.1, 0.15) is 0 Å². The topological polar surface area (TPSA) is 69.6 Å². The fourth-order valence-electron chi connectivity index (χ4n) is 5.65. The van der Waals surface area contributed by atoms with Gasteiger partial charge in [0.2, 0.25) is 5.91 Å². The summed E-state index contributed by atoms with van der Waals surface area (Å²) >= 11 is 0. The molecule has 0 rings (SSSR count). The molecular weight excluding hydrogens is 506 g/mol. The molecule has 0 aliphatic rings. The molecule has 4 heteroatoms. The molecule has 0 heterocycles. The number of rotatable bonds is 33. The molecule has 1 amide bonds. The summed E-state index contributed by atoms with van der Waals surface area (Å²) in [5, 5.41) is 22.6. The average Bonchev–Trinajstić information content (AvgIpc) is 2.98. The molecule has 3 N–H and O–H groups in total. The number of carbonyl (C=O) groups excluding carboxylic acids is 1. The fraction of sp³-hybridized carbons (Fsp3) is 0.919. The second kappa shape index (κ2) is 33.6. The molecule has 0 spiro atoms. The molecule has 0 fully saturated rings. The van der Waals surface area contributed by atoms with Crippen LogP contribution in [0.2, 0.25) is 0 Å². The van der Waals surface area contributed by atoms with Crippen molar-refractivity contribution in [2.24, 2.45) is 0 Å². The quantitative estimate of drug-likeness (QED) is 0.0535. The minimum atomic E-state index is -0.830. The third-order valence-electron chi connectivity index (χ3n) is 8.52. The van der Waals surface area contributed by atoms with Gasteiger partial charge < -0.3 is 15.5 Å². The van der Waals surface area contributed by atoms with E-state index in [4.69, 9.17) is 0 Å². The molecule has 0 bridgehead atoms. The minimum absolute atomic E-state index is 0.0811. The first-order valence-electron chi connectivity index (χ1n) is 18.4. The molecule has 244 valence electrons. The van der Waals surface area contributed by atoms with Crippen LogP contribution in [0.15, 0.2) is 12.2 Å².